The predicted octanol–water partition coefficient (Wildman–Crippen LogP) is 3.77. The molecule has 3 rings (SSSR count). The van der Waals surface area contributed by atoms with Crippen molar-refractivity contribution in [1.29, 1.82) is 0 Å². The summed E-state index contributed by atoms with van der Waals surface area (Å²) >= 11 is 0. The number of hydrogen-bond donors (Lipinski definition) is 1. The number of hydrogen-bond acceptors (Lipinski definition) is 4. The van der Waals surface area contributed by atoms with E-state index in [4.69, 9.17) is 4.74 Å². The van der Waals surface area contributed by atoms with Gasteiger partial charge in [-0.05, 0) is 69.5 Å². The highest BCUT2D eigenvalue weighted by Crippen LogP contribution is 2.27. The smallest absolute Gasteiger partial charge is 0.241 e. The van der Waals surface area contributed by atoms with Crippen LogP contribution in [-0.2, 0) is 9.59 Å². The maximum atomic E-state index is 13.1. The van der Waals surface area contributed by atoms with Crippen molar-refractivity contribution in [3.8, 4) is 5.75 Å². The van der Waals surface area contributed by atoms with E-state index in [2.05, 4.69) is 5.32 Å². The van der Waals surface area contributed by atoms with Crippen LogP contribution < -0.4 is 15.0 Å². The third-order valence-electron chi connectivity index (χ3n) is 5.64. The highest BCUT2D eigenvalue weighted by molar-refractivity contribution is 5.98. The topological polar surface area (TPSA) is 61.9 Å². The number of methoxy groups -OCH3 is 1. The zero-order valence-corrected chi connectivity index (χ0v) is 18.3. The van der Waals surface area contributed by atoms with Gasteiger partial charge in [-0.25, -0.2) is 0 Å². The maximum absolute atomic E-state index is 13.1. The van der Waals surface area contributed by atoms with Gasteiger partial charge in [0.05, 0.1) is 25.4 Å². The van der Waals surface area contributed by atoms with Crippen molar-refractivity contribution >= 4 is 23.2 Å². The monoisotopic (exact) mass is 409 g/mol. The number of amides is 2. The average molecular weight is 410 g/mol. The van der Waals surface area contributed by atoms with Crippen LogP contribution in [0, 0.1) is 13.8 Å². The van der Waals surface area contributed by atoms with Gasteiger partial charge in [0.2, 0.25) is 11.8 Å². The second kappa shape index (κ2) is 9.76. The summed E-state index contributed by atoms with van der Waals surface area (Å²) in [5.74, 6) is 0.550. The maximum Gasteiger partial charge on any atom is 0.241 e. The normalized spacial score (nSPS) is 16.3. The van der Waals surface area contributed by atoms with Crippen LogP contribution >= 0.6 is 0 Å². The van der Waals surface area contributed by atoms with Gasteiger partial charge in [0.15, 0.2) is 0 Å². The predicted molar refractivity (Wildman–Crippen MR) is 120 cm³/mol. The Morgan fingerprint density at radius 3 is 2.67 bits per heavy atom. The van der Waals surface area contributed by atoms with E-state index >= 15 is 0 Å². The molecule has 0 aromatic heterocycles. The minimum atomic E-state index is -0.324. The van der Waals surface area contributed by atoms with E-state index in [0.29, 0.717) is 18.0 Å². The van der Waals surface area contributed by atoms with E-state index in [1.54, 1.807) is 12.0 Å². The van der Waals surface area contributed by atoms with Gasteiger partial charge in [-0.2, -0.15) is 0 Å². The molecule has 0 bridgehead atoms. The zero-order chi connectivity index (χ0) is 21.7. The number of likely N-dealkylation sites (tertiary alicyclic amines) is 1. The Morgan fingerprint density at radius 1 is 1.20 bits per heavy atom. The fraction of sp³-hybridized carbons (Fsp3) is 0.417. The van der Waals surface area contributed by atoms with Crippen molar-refractivity contribution < 1.29 is 14.3 Å². The molecule has 1 aliphatic heterocycles. The minimum Gasteiger partial charge on any atom is -0.495 e. The van der Waals surface area contributed by atoms with Crippen LogP contribution in [0.4, 0.5) is 11.4 Å². The fourth-order valence-corrected chi connectivity index (χ4v) is 4.05. The van der Waals surface area contributed by atoms with Gasteiger partial charge in [0.1, 0.15) is 5.75 Å². The summed E-state index contributed by atoms with van der Waals surface area (Å²) in [7, 11) is 1.59. The lowest BCUT2D eigenvalue weighted by Gasteiger charge is -2.28. The number of aryl methyl sites for hydroxylation is 2. The second-order valence-electron chi connectivity index (χ2n) is 7.75. The van der Waals surface area contributed by atoms with Gasteiger partial charge in [-0.15, -0.1) is 0 Å². The minimum absolute atomic E-state index is 0.0136. The Balaban J connectivity index is 1.71. The molecule has 0 spiro atoms. The summed E-state index contributed by atoms with van der Waals surface area (Å²) in [6.07, 6.45) is 1.64. The van der Waals surface area contributed by atoms with E-state index in [9.17, 15) is 9.59 Å². The average Bonchev–Trinajstić information content (AvgIpc) is 3.18. The highest BCUT2D eigenvalue weighted by atomic mass is 16.5. The molecule has 2 amide bonds. The quantitative estimate of drug-likeness (QED) is 0.756. The largest absolute Gasteiger partial charge is 0.495 e. The number of carbonyl (C=O) groups excluding carboxylic acids is 2. The summed E-state index contributed by atoms with van der Waals surface area (Å²) in [4.78, 5) is 29.9. The number of nitrogens with zero attached hydrogens (tertiary/aromatic N) is 2. The van der Waals surface area contributed by atoms with Crippen molar-refractivity contribution in [2.24, 2.45) is 0 Å². The van der Waals surface area contributed by atoms with E-state index in [0.717, 1.165) is 36.2 Å². The number of para-hydroxylation sites is 1. The van der Waals surface area contributed by atoms with E-state index in [-0.39, 0.29) is 24.4 Å². The van der Waals surface area contributed by atoms with Crippen molar-refractivity contribution in [2.45, 2.75) is 39.7 Å². The Morgan fingerprint density at radius 2 is 1.97 bits per heavy atom. The molecule has 1 fully saturated rings. The molecule has 6 nitrogen and oxygen atoms in total. The van der Waals surface area contributed by atoms with Gasteiger partial charge in [-0.1, -0.05) is 24.3 Å². The summed E-state index contributed by atoms with van der Waals surface area (Å²) in [5.41, 5.74) is 3.70. The van der Waals surface area contributed by atoms with Gasteiger partial charge in [0.25, 0.3) is 0 Å². The molecule has 1 heterocycles. The van der Waals surface area contributed by atoms with Crippen molar-refractivity contribution in [3.63, 3.8) is 0 Å². The lowest BCUT2D eigenvalue weighted by Crippen LogP contribution is -2.46. The van der Waals surface area contributed by atoms with Gasteiger partial charge < -0.3 is 15.0 Å². The van der Waals surface area contributed by atoms with E-state index < -0.39 is 0 Å². The molecule has 1 unspecified atom stereocenters. The van der Waals surface area contributed by atoms with Crippen molar-refractivity contribution in [3.05, 3.63) is 53.6 Å². The zero-order valence-electron chi connectivity index (χ0n) is 18.3. The molecule has 0 saturated carbocycles. The molecule has 6 heteroatoms. The van der Waals surface area contributed by atoms with Crippen LogP contribution in [0.2, 0.25) is 0 Å². The van der Waals surface area contributed by atoms with Gasteiger partial charge in [0, 0.05) is 12.2 Å². The molecule has 0 aliphatic carbocycles. The van der Waals surface area contributed by atoms with Gasteiger partial charge >= 0.3 is 0 Å². The molecule has 1 atom stereocenters. The molecule has 2 aromatic carbocycles. The van der Waals surface area contributed by atoms with Crippen LogP contribution in [-0.4, -0.2) is 49.5 Å². The third kappa shape index (κ3) is 4.82. The van der Waals surface area contributed by atoms with Crippen LogP contribution in [0.5, 0.6) is 5.75 Å². The number of rotatable bonds is 7. The number of ether oxygens (including phenoxy) is 1. The van der Waals surface area contributed by atoms with E-state index in [1.807, 2.05) is 68.1 Å². The molecule has 30 heavy (non-hydrogen) atoms. The standard InChI is InChI=1S/C24H31N3O3/c1-5-27(20-10-7-6-9-18(20)3)23(28)16-26-14-8-11-21(26)24(29)25-19-15-17(2)12-13-22(19)30-4/h6-7,9-10,12-13,15,21H,5,8,11,14,16H2,1-4H3,(H,25,29). The molecule has 2 aromatic rings. The first-order valence-corrected chi connectivity index (χ1v) is 10.5. The lowest BCUT2D eigenvalue weighted by atomic mass is 10.1. The van der Waals surface area contributed by atoms with Crippen molar-refractivity contribution in [2.75, 3.05) is 37.0 Å². The Labute approximate surface area is 178 Å². The summed E-state index contributed by atoms with van der Waals surface area (Å²) < 4.78 is 5.37. The first-order valence-electron chi connectivity index (χ1n) is 10.5. The van der Waals surface area contributed by atoms with Crippen LogP contribution in [0.15, 0.2) is 42.5 Å². The molecule has 1 aliphatic rings. The fourth-order valence-electron chi connectivity index (χ4n) is 4.05. The Kier molecular flexibility index (Phi) is 7.11. The number of anilines is 2. The molecular formula is C24H31N3O3. The number of nitrogens with one attached hydrogen (secondary N) is 1. The van der Waals surface area contributed by atoms with Crippen LogP contribution in [0.1, 0.15) is 30.9 Å². The molecule has 1 N–H and O–H groups in total. The SMILES string of the molecule is CCN(C(=O)CN1CCCC1C(=O)Nc1cc(C)ccc1OC)c1ccccc1C. The van der Waals surface area contributed by atoms with E-state index in [1.165, 1.54) is 0 Å². The second-order valence-corrected chi connectivity index (χ2v) is 7.75. The summed E-state index contributed by atoms with van der Waals surface area (Å²) in [5, 5.41) is 3.00. The molecule has 160 valence electrons. The molecule has 1 saturated heterocycles. The Hall–Kier alpha value is -2.86. The van der Waals surface area contributed by atoms with Crippen LogP contribution in [0.3, 0.4) is 0 Å². The lowest BCUT2D eigenvalue weighted by molar-refractivity contribution is -0.123. The number of carbonyl (C=O) groups is 2. The first kappa shape index (κ1) is 21.8. The Bertz CT molecular complexity index is 912. The summed E-state index contributed by atoms with van der Waals surface area (Å²) in [6.45, 7) is 7.51. The van der Waals surface area contributed by atoms with Gasteiger partial charge in [-0.3, -0.25) is 14.5 Å². The molecule has 0 radical (unpaired) electrons. The summed E-state index contributed by atoms with van der Waals surface area (Å²) in [6, 6.07) is 13.3. The van der Waals surface area contributed by atoms with Crippen LogP contribution in [0.25, 0.3) is 0 Å². The highest BCUT2D eigenvalue weighted by Gasteiger charge is 2.33. The molecular weight excluding hydrogens is 378 g/mol. The number of likely N-dealkylation sites (N-methyl/N-ethyl adjacent to an activating group) is 1. The number of benzene rings is 2. The third-order valence-corrected chi connectivity index (χ3v) is 5.64. The first-order chi connectivity index (χ1) is 14.4. The van der Waals surface area contributed by atoms with Crippen molar-refractivity contribution in [1.82, 2.24) is 4.90 Å².